The van der Waals surface area contributed by atoms with Gasteiger partial charge in [-0.15, -0.1) is 0 Å². The van der Waals surface area contributed by atoms with Crippen LogP contribution in [0.3, 0.4) is 0 Å². The normalized spacial score (nSPS) is 14.6. The van der Waals surface area contributed by atoms with Crippen molar-refractivity contribution in [2.24, 2.45) is 5.10 Å². The van der Waals surface area contributed by atoms with Gasteiger partial charge in [0.2, 0.25) is 0 Å². The average Bonchev–Trinajstić information content (AvgIpc) is 2.54. The smallest absolute Gasteiger partial charge is 0.267 e. The summed E-state index contributed by atoms with van der Waals surface area (Å²) in [5, 5.41) is 5.39. The number of nitrogens with zero attached hydrogens (tertiary/aromatic N) is 2. The van der Waals surface area contributed by atoms with Gasteiger partial charge in [0.15, 0.2) is 0 Å². The summed E-state index contributed by atoms with van der Waals surface area (Å²) in [6.07, 6.45) is 7.00. The summed E-state index contributed by atoms with van der Waals surface area (Å²) in [6, 6.07) is 9.10. The molecule has 0 bridgehead atoms. The zero-order chi connectivity index (χ0) is 11.4. The first-order valence-corrected chi connectivity index (χ1v) is 5.82. The van der Waals surface area contributed by atoms with Gasteiger partial charge in [0.25, 0.3) is 5.91 Å². The minimum absolute atomic E-state index is 0.130. The first-order chi connectivity index (χ1) is 7.77. The van der Waals surface area contributed by atoms with Gasteiger partial charge in [-0.1, -0.05) is 18.2 Å². The molecule has 0 radical (unpaired) electrons. The Kier molecular flexibility index (Phi) is 3.51. The van der Waals surface area contributed by atoms with E-state index in [2.05, 4.69) is 27.7 Å². The van der Waals surface area contributed by atoms with Crippen molar-refractivity contribution in [1.29, 1.82) is 0 Å². The maximum absolute atomic E-state index is 12.0. The molecule has 1 aliphatic heterocycles. The van der Waals surface area contributed by atoms with E-state index < -0.39 is 0 Å². The van der Waals surface area contributed by atoms with E-state index in [0.29, 0.717) is 5.56 Å². The average molecular weight is 324 g/mol. The van der Waals surface area contributed by atoms with Crippen LogP contribution in [0.25, 0.3) is 0 Å². The topological polar surface area (TPSA) is 32.7 Å². The maximum atomic E-state index is 12.0. The molecule has 1 amide bonds. The maximum Gasteiger partial charge on any atom is 0.278 e. The number of amides is 1. The van der Waals surface area contributed by atoms with Crippen LogP contribution in [0.2, 0.25) is 0 Å². The number of rotatable bonds is 1. The lowest BCUT2D eigenvalue weighted by Crippen LogP contribution is -2.20. The molecule has 0 aromatic heterocycles. The molecule has 3 nitrogen and oxygen atoms in total. The highest BCUT2D eigenvalue weighted by molar-refractivity contribution is 14.1. The fourth-order valence-corrected chi connectivity index (χ4v) is 1.73. The molecule has 1 aromatic carbocycles. The first kappa shape index (κ1) is 11.1. The van der Waals surface area contributed by atoms with E-state index in [0.717, 1.165) is 3.58 Å². The molecule has 0 spiro atoms. The molecule has 1 aliphatic rings. The largest absolute Gasteiger partial charge is 0.278 e. The summed E-state index contributed by atoms with van der Waals surface area (Å²) in [7, 11) is 0. The Bertz CT molecular complexity index is 477. The second-order valence-electron chi connectivity index (χ2n) is 3.15. The van der Waals surface area contributed by atoms with Gasteiger partial charge in [0.05, 0.1) is 0 Å². The lowest BCUT2D eigenvalue weighted by Gasteiger charge is -2.11. The molecule has 1 aromatic rings. The summed E-state index contributed by atoms with van der Waals surface area (Å²) < 4.78 is 0.958. The van der Waals surface area contributed by atoms with E-state index in [-0.39, 0.29) is 5.91 Å². The lowest BCUT2D eigenvalue weighted by molar-refractivity contribution is 0.0826. The molecule has 2 rings (SSSR count). The summed E-state index contributed by atoms with van der Waals surface area (Å²) >= 11 is 2.15. The lowest BCUT2D eigenvalue weighted by atomic mass is 10.2. The first-order valence-electron chi connectivity index (χ1n) is 4.74. The molecule has 0 N–H and O–H groups in total. The van der Waals surface area contributed by atoms with Crippen LogP contribution >= 0.6 is 22.6 Å². The predicted molar refractivity (Wildman–Crippen MR) is 72.3 cm³/mol. The zero-order valence-electron chi connectivity index (χ0n) is 8.38. The predicted octanol–water partition coefficient (Wildman–Crippen LogP) is 2.96. The third-order valence-electron chi connectivity index (χ3n) is 2.01. The van der Waals surface area contributed by atoms with Crippen LogP contribution in [0, 0.1) is 0 Å². The third-order valence-corrected chi connectivity index (χ3v) is 2.65. The van der Waals surface area contributed by atoms with Crippen molar-refractivity contribution in [1.82, 2.24) is 5.01 Å². The standard InChI is InChI=1S/C12H9IN2O/c13-11-7-4-8-14-15(9-11)12(16)10-5-2-1-3-6-10/h1-9H. The van der Waals surface area contributed by atoms with Gasteiger partial charge in [0.1, 0.15) is 0 Å². The number of carbonyl (C=O) groups excluding carboxylic acids is 1. The van der Waals surface area contributed by atoms with Gasteiger partial charge < -0.3 is 0 Å². The van der Waals surface area contributed by atoms with E-state index in [1.807, 2.05) is 24.3 Å². The van der Waals surface area contributed by atoms with Crippen LogP contribution in [-0.2, 0) is 0 Å². The molecule has 0 atom stereocenters. The van der Waals surface area contributed by atoms with Crippen molar-refractivity contribution in [3.8, 4) is 0 Å². The van der Waals surface area contributed by atoms with Crippen molar-refractivity contribution < 1.29 is 4.79 Å². The van der Waals surface area contributed by atoms with Crippen molar-refractivity contribution >= 4 is 34.7 Å². The van der Waals surface area contributed by atoms with E-state index in [1.54, 1.807) is 30.6 Å². The quantitative estimate of drug-likeness (QED) is 0.731. The minimum atomic E-state index is -0.130. The van der Waals surface area contributed by atoms with Crippen LogP contribution in [0.15, 0.2) is 57.4 Å². The minimum Gasteiger partial charge on any atom is -0.267 e. The second-order valence-corrected chi connectivity index (χ2v) is 4.40. The molecule has 0 saturated heterocycles. The molecule has 0 unspecified atom stereocenters. The van der Waals surface area contributed by atoms with Crippen molar-refractivity contribution in [2.75, 3.05) is 0 Å². The SMILES string of the molecule is O=C(c1ccccc1)N1C=C(I)C=CC=N1. The summed E-state index contributed by atoms with van der Waals surface area (Å²) in [6.45, 7) is 0. The number of halogens is 1. The molecular formula is C12H9IN2O. The molecule has 4 heteroatoms. The molecule has 0 fully saturated rings. The summed E-state index contributed by atoms with van der Waals surface area (Å²) in [5.74, 6) is -0.130. The van der Waals surface area contributed by atoms with Gasteiger partial charge >= 0.3 is 0 Å². The molecule has 80 valence electrons. The summed E-state index contributed by atoms with van der Waals surface area (Å²) in [4.78, 5) is 12.0. The number of carbonyl (C=O) groups is 1. The Labute approximate surface area is 107 Å². The Hall–Kier alpha value is -1.43. The van der Waals surface area contributed by atoms with E-state index in [1.165, 1.54) is 5.01 Å². The Morgan fingerprint density at radius 3 is 2.75 bits per heavy atom. The molecule has 0 saturated carbocycles. The van der Waals surface area contributed by atoms with Crippen molar-refractivity contribution in [3.05, 3.63) is 57.8 Å². The van der Waals surface area contributed by atoms with Crippen LogP contribution in [-0.4, -0.2) is 17.1 Å². The molecule has 16 heavy (non-hydrogen) atoms. The highest BCUT2D eigenvalue weighted by atomic mass is 127. The van der Waals surface area contributed by atoms with Gasteiger partial charge in [-0.05, 0) is 46.9 Å². The number of allylic oxidation sites excluding steroid dienone is 3. The number of hydrazone groups is 1. The van der Waals surface area contributed by atoms with Crippen molar-refractivity contribution in [2.45, 2.75) is 0 Å². The van der Waals surface area contributed by atoms with Crippen LogP contribution in [0.4, 0.5) is 0 Å². The number of hydrogen-bond acceptors (Lipinski definition) is 2. The molecular weight excluding hydrogens is 315 g/mol. The number of hydrogen-bond donors (Lipinski definition) is 0. The molecule has 0 aliphatic carbocycles. The Morgan fingerprint density at radius 2 is 2.00 bits per heavy atom. The second kappa shape index (κ2) is 5.07. The Balaban J connectivity index is 2.26. The van der Waals surface area contributed by atoms with E-state index in [9.17, 15) is 4.79 Å². The van der Waals surface area contributed by atoms with Gasteiger partial charge in [-0.2, -0.15) is 5.10 Å². The number of benzene rings is 1. The fourth-order valence-electron chi connectivity index (χ4n) is 1.26. The highest BCUT2D eigenvalue weighted by Gasteiger charge is 2.12. The van der Waals surface area contributed by atoms with Gasteiger partial charge in [0, 0.05) is 21.6 Å². The Morgan fingerprint density at radius 1 is 1.25 bits per heavy atom. The van der Waals surface area contributed by atoms with E-state index in [4.69, 9.17) is 0 Å². The zero-order valence-corrected chi connectivity index (χ0v) is 10.5. The third kappa shape index (κ3) is 2.57. The van der Waals surface area contributed by atoms with Crippen LogP contribution in [0.5, 0.6) is 0 Å². The van der Waals surface area contributed by atoms with Gasteiger partial charge in [-0.25, -0.2) is 5.01 Å². The highest BCUT2D eigenvalue weighted by Crippen LogP contribution is 2.14. The van der Waals surface area contributed by atoms with Crippen LogP contribution in [0.1, 0.15) is 10.4 Å². The van der Waals surface area contributed by atoms with Gasteiger partial charge in [-0.3, -0.25) is 4.79 Å². The van der Waals surface area contributed by atoms with Crippen LogP contribution < -0.4 is 0 Å². The fraction of sp³-hybridized carbons (Fsp3) is 0. The summed E-state index contributed by atoms with van der Waals surface area (Å²) in [5.41, 5.74) is 0.627. The monoisotopic (exact) mass is 324 g/mol. The van der Waals surface area contributed by atoms with E-state index >= 15 is 0 Å². The molecule has 1 heterocycles. The van der Waals surface area contributed by atoms with Crippen molar-refractivity contribution in [3.63, 3.8) is 0 Å².